The molecule has 0 saturated carbocycles. The van der Waals surface area contributed by atoms with Crippen LogP contribution in [0.15, 0.2) is 6.20 Å². The van der Waals surface area contributed by atoms with Gasteiger partial charge in [0.15, 0.2) is 0 Å². The van der Waals surface area contributed by atoms with E-state index in [2.05, 4.69) is 10.3 Å². The minimum absolute atomic E-state index is 0.106. The van der Waals surface area contributed by atoms with E-state index >= 15 is 0 Å². The number of aryl methyl sites for hydroxylation is 1. The number of hydrogen-bond donors (Lipinski definition) is 0. The van der Waals surface area contributed by atoms with Gasteiger partial charge >= 0.3 is 0 Å². The Kier molecular flexibility index (Phi) is 2.54. The smallest absolute Gasteiger partial charge is 0.210 e. The maximum Gasteiger partial charge on any atom is 0.210 e. The number of ether oxygens (including phenoxy) is 1. The molecule has 0 spiro atoms. The Bertz CT molecular complexity index is 282. The highest BCUT2D eigenvalue weighted by molar-refractivity contribution is 5.97. The second-order valence-electron chi connectivity index (χ2n) is 2.49. The number of ketones is 1. The molecule has 1 aromatic heterocycles. The number of hydrogen-bond acceptors (Lipinski definition) is 4. The second kappa shape index (κ2) is 3.44. The van der Waals surface area contributed by atoms with Crippen molar-refractivity contribution in [3.8, 4) is 0 Å². The minimum atomic E-state index is -0.442. The van der Waals surface area contributed by atoms with Crippen LogP contribution < -0.4 is 0 Å². The van der Waals surface area contributed by atoms with Crippen LogP contribution in [0.1, 0.15) is 17.4 Å². The fraction of sp³-hybridized carbons (Fsp3) is 0.571. The van der Waals surface area contributed by atoms with Crippen molar-refractivity contribution < 1.29 is 9.53 Å². The van der Waals surface area contributed by atoms with Gasteiger partial charge in [-0.25, -0.2) is 4.68 Å². The fourth-order valence-electron chi connectivity index (χ4n) is 0.828. The lowest BCUT2D eigenvalue weighted by Crippen LogP contribution is -2.21. The van der Waals surface area contributed by atoms with Gasteiger partial charge in [0.2, 0.25) is 5.78 Å². The summed E-state index contributed by atoms with van der Waals surface area (Å²) in [5.41, 5.74) is 0.462. The summed E-state index contributed by atoms with van der Waals surface area (Å²) in [5, 5.41) is 7.24. The number of rotatable bonds is 3. The minimum Gasteiger partial charge on any atom is -0.374 e. The molecule has 1 atom stereocenters. The van der Waals surface area contributed by atoms with Gasteiger partial charge in [-0.15, -0.1) is 5.10 Å². The fourth-order valence-corrected chi connectivity index (χ4v) is 0.828. The van der Waals surface area contributed by atoms with Crippen molar-refractivity contribution in [3.05, 3.63) is 11.9 Å². The molecule has 1 aromatic rings. The van der Waals surface area contributed by atoms with Crippen LogP contribution in [0.25, 0.3) is 0 Å². The molecule has 0 bridgehead atoms. The van der Waals surface area contributed by atoms with Crippen LogP contribution in [0.5, 0.6) is 0 Å². The molecule has 0 aliphatic rings. The first-order valence-corrected chi connectivity index (χ1v) is 3.58. The van der Waals surface area contributed by atoms with Crippen LogP contribution in [0.3, 0.4) is 0 Å². The molecule has 66 valence electrons. The third kappa shape index (κ3) is 1.50. The molecule has 0 aliphatic carbocycles. The van der Waals surface area contributed by atoms with E-state index in [0.717, 1.165) is 0 Å². The summed E-state index contributed by atoms with van der Waals surface area (Å²) in [4.78, 5) is 11.4. The lowest BCUT2D eigenvalue weighted by molar-refractivity contribution is 0.0646. The largest absolute Gasteiger partial charge is 0.374 e. The monoisotopic (exact) mass is 169 g/mol. The third-order valence-corrected chi connectivity index (χ3v) is 1.69. The Hall–Kier alpha value is -1.23. The summed E-state index contributed by atoms with van der Waals surface area (Å²) in [6.45, 7) is 1.69. The van der Waals surface area contributed by atoms with Crippen LogP contribution in [-0.4, -0.2) is 34.0 Å². The van der Waals surface area contributed by atoms with Gasteiger partial charge in [-0.3, -0.25) is 4.79 Å². The first-order chi connectivity index (χ1) is 5.66. The van der Waals surface area contributed by atoms with Crippen LogP contribution in [0.4, 0.5) is 0 Å². The standard InChI is InChI=1S/C7H11N3O2/c1-5(12-3)7(11)6-4-8-9-10(6)2/h4-5H,1-3H3. The molecule has 0 fully saturated rings. The zero-order valence-corrected chi connectivity index (χ0v) is 7.31. The summed E-state index contributed by atoms with van der Waals surface area (Å²) in [5.74, 6) is -0.106. The van der Waals surface area contributed by atoms with Gasteiger partial charge in [0.25, 0.3) is 0 Å². The molecular formula is C7H11N3O2. The van der Waals surface area contributed by atoms with Crippen LogP contribution in [0.2, 0.25) is 0 Å². The molecule has 5 heteroatoms. The molecule has 5 nitrogen and oxygen atoms in total. The average Bonchev–Trinajstić information content (AvgIpc) is 2.48. The Morgan fingerprint density at radius 1 is 1.75 bits per heavy atom. The molecule has 1 heterocycles. The highest BCUT2D eigenvalue weighted by Gasteiger charge is 2.17. The second-order valence-corrected chi connectivity index (χ2v) is 2.49. The number of carbonyl (C=O) groups is 1. The van der Waals surface area contributed by atoms with Gasteiger partial charge in [0.1, 0.15) is 11.8 Å². The Morgan fingerprint density at radius 2 is 2.42 bits per heavy atom. The van der Waals surface area contributed by atoms with E-state index in [9.17, 15) is 4.79 Å². The van der Waals surface area contributed by atoms with E-state index in [1.807, 2.05) is 0 Å². The summed E-state index contributed by atoms with van der Waals surface area (Å²) in [7, 11) is 3.16. The van der Waals surface area contributed by atoms with Crippen molar-refractivity contribution in [1.82, 2.24) is 15.0 Å². The molecular weight excluding hydrogens is 158 g/mol. The molecule has 1 rings (SSSR count). The molecule has 0 aliphatic heterocycles. The maximum atomic E-state index is 11.4. The van der Waals surface area contributed by atoms with Gasteiger partial charge in [0, 0.05) is 14.2 Å². The van der Waals surface area contributed by atoms with E-state index in [4.69, 9.17) is 4.74 Å². The number of aromatic nitrogens is 3. The molecule has 1 unspecified atom stereocenters. The number of methoxy groups -OCH3 is 1. The van der Waals surface area contributed by atoms with Gasteiger partial charge in [-0.1, -0.05) is 5.21 Å². The van der Waals surface area contributed by atoms with Gasteiger partial charge in [-0.05, 0) is 6.92 Å². The lowest BCUT2D eigenvalue weighted by atomic mass is 10.2. The van der Waals surface area contributed by atoms with Gasteiger partial charge < -0.3 is 4.74 Å². The van der Waals surface area contributed by atoms with Crippen molar-refractivity contribution in [2.45, 2.75) is 13.0 Å². The van der Waals surface area contributed by atoms with Crippen molar-refractivity contribution in [2.75, 3.05) is 7.11 Å². The van der Waals surface area contributed by atoms with Gasteiger partial charge in [-0.2, -0.15) is 0 Å². The number of nitrogens with zero attached hydrogens (tertiary/aromatic N) is 3. The molecule has 0 saturated heterocycles. The summed E-state index contributed by atoms with van der Waals surface area (Å²) in [6, 6.07) is 0. The zero-order chi connectivity index (χ0) is 9.14. The van der Waals surface area contributed by atoms with E-state index in [0.29, 0.717) is 5.69 Å². The predicted octanol–water partition coefficient (Wildman–Crippen LogP) is 0.0327. The average molecular weight is 169 g/mol. The lowest BCUT2D eigenvalue weighted by Gasteiger charge is -2.06. The third-order valence-electron chi connectivity index (χ3n) is 1.69. The van der Waals surface area contributed by atoms with Crippen LogP contribution in [-0.2, 0) is 11.8 Å². The van der Waals surface area contributed by atoms with Crippen molar-refractivity contribution >= 4 is 5.78 Å². The molecule has 0 amide bonds. The molecule has 12 heavy (non-hydrogen) atoms. The van der Waals surface area contributed by atoms with Crippen LogP contribution in [0, 0.1) is 0 Å². The quantitative estimate of drug-likeness (QED) is 0.599. The first kappa shape index (κ1) is 8.86. The number of Topliss-reactive ketones (excluding diaryl/α,β-unsaturated/α-hetero) is 1. The zero-order valence-electron chi connectivity index (χ0n) is 7.31. The van der Waals surface area contributed by atoms with Crippen molar-refractivity contribution in [2.24, 2.45) is 7.05 Å². The van der Waals surface area contributed by atoms with Crippen molar-refractivity contribution in [3.63, 3.8) is 0 Å². The van der Waals surface area contributed by atoms with Gasteiger partial charge in [0.05, 0.1) is 6.20 Å². The highest BCUT2D eigenvalue weighted by Crippen LogP contribution is 2.01. The van der Waals surface area contributed by atoms with E-state index in [1.54, 1.807) is 14.0 Å². The molecule has 0 N–H and O–H groups in total. The number of carbonyl (C=O) groups excluding carboxylic acids is 1. The Balaban J connectivity index is 2.85. The van der Waals surface area contributed by atoms with Crippen molar-refractivity contribution in [1.29, 1.82) is 0 Å². The Labute approximate surface area is 70.3 Å². The van der Waals surface area contributed by atoms with E-state index in [1.165, 1.54) is 18.0 Å². The molecule has 0 aromatic carbocycles. The van der Waals surface area contributed by atoms with E-state index in [-0.39, 0.29) is 5.78 Å². The topological polar surface area (TPSA) is 57.0 Å². The molecule has 0 radical (unpaired) electrons. The van der Waals surface area contributed by atoms with E-state index < -0.39 is 6.10 Å². The van der Waals surface area contributed by atoms with Crippen LogP contribution >= 0.6 is 0 Å². The maximum absolute atomic E-state index is 11.4. The summed E-state index contributed by atoms with van der Waals surface area (Å²) in [6.07, 6.45) is 0.986. The summed E-state index contributed by atoms with van der Waals surface area (Å²) < 4.78 is 6.30. The SMILES string of the molecule is COC(C)C(=O)c1cnnn1C. The normalized spacial score (nSPS) is 12.9. The summed E-state index contributed by atoms with van der Waals surface area (Å²) >= 11 is 0. The highest BCUT2D eigenvalue weighted by atomic mass is 16.5. The Morgan fingerprint density at radius 3 is 2.83 bits per heavy atom. The first-order valence-electron chi connectivity index (χ1n) is 3.58. The predicted molar refractivity (Wildman–Crippen MR) is 41.8 cm³/mol.